The Kier molecular flexibility index (Phi) is 6.89. The molecule has 0 aliphatic heterocycles. The molecular weight excluding hydrogens is 310 g/mol. The van der Waals surface area contributed by atoms with Crippen molar-refractivity contribution in [3.63, 3.8) is 0 Å². The van der Waals surface area contributed by atoms with Crippen LogP contribution >= 0.6 is 0 Å². The van der Waals surface area contributed by atoms with Gasteiger partial charge in [0, 0.05) is 6.42 Å². The first-order chi connectivity index (χ1) is 11.6. The van der Waals surface area contributed by atoms with Crippen molar-refractivity contribution < 1.29 is 24.8 Å². The third-order valence-corrected chi connectivity index (χ3v) is 3.49. The van der Waals surface area contributed by atoms with Crippen LogP contribution in [0.4, 0.5) is 0 Å². The molecule has 0 fully saturated rings. The molecule has 2 unspecified atom stereocenters. The molecule has 4 N–H and O–H groups in total. The SMILES string of the molecule is NC(c1ccccc1)C(OOC(=O)CCC(O)O)c1ccccc1. The van der Waals surface area contributed by atoms with E-state index < -0.39 is 24.4 Å². The highest BCUT2D eigenvalue weighted by atomic mass is 17.2. The standard InChI is InChI=1S/C18H21NO5/c19-17(13-7-3-1-4-8-13)18(14-9-5-2-6-10-14)24-23-16(22)12-11-15(20)21/h1-10,15,17-18,20-21H,11-12,19H2. The van der Waals surface area contributed by atoms with Crippen LogP contribution in [0.15, 0.2) is 60.7 Å². The summed E-state index contributed by atoms with van der Waals surface area (Å²) < 4.78 is 0. The van der Waals surface area contributed by atoms with E-state index >= 15 is 0 Å². The normalized spacial score (nSPS) is 13.5. The van der Waals surface area contributed by atoms with E-state index in [1.54, 1.807) is 0 Å². The van der Waals surface area contributed by atoms with E-state index in [2.05, 4.69) is 0 Å². The summed E-state index contributed by atoms with van der Waals surface area (Å²) in [6, 6.07) is 18.0. The molecule has 0 aliphatic rings. The van der Waals surface area contributed by atoms with Gasteiger partial charge in [0.25, 0.3) is 0 Å². The van der Waals surface area contributed by atoms with Crippen LogP contribution in [0.5, 0.6) is 0 Å². The highest BCUT2D eigenvalue weighted by Gasteiger charge is 2.25. The zero-order chi connectivity index (χ0) is 17.4. The molecular formula is C18H21NO5. The second kappa shape index (κ2) is 9.14. The van der Waals surface area contributed by atoms with E-state index in [9.17, 15) is 4.79 Å². The van der Waals surface area contributed by atoms with Crippen molar-refractivity contribution in [1.29, 1.82) is 0 Å². The quantitative estimate of drug-likeness (QED) is 0.388. The average Bonchev–Trinajstić information content (AvgIpc) is 2.61. The molecule has 24 heavy (non-hydrogen) atoms. The Morgan fingerprint density at radius 2 is 1.50 bits per heavy atom. The topological polar surface area (TPSA) is 102 Å². The van der Waals surface area contributed by atoms with Gasteiger partial charge in [0.15, 0.2) is 6.29 Å². The van der Waals surface area contributed by atoms with Gasteiger partial charge in [0.2, 0.25) is 0 Å². The van der Waals surface area contributed by atoms with Crippen molar-refractivity contribution in [1.82, 2.24) is 0 Å². The molecule has 0 spiro atoms. The number of hydrogen-bond donors (Lipinski definition) is 3. The summed E-state index contributed by atoms with van der Waals surface area (Å²) in [6.45, 7) is 0. The Hall–Kier alpha value is -2.25. The van der Waals surface area contributed by atoms with Gasteiger partial charge < -0.3 is 15.9 Å². The number of hydrogen-bond acceptors (Lipinski definition) is 6. The zero-order valence-electron chi connectivity index (χ0n) is 13.1. The van der Waals surface area contributed by atoms with Gasteiger partial charge in [-0.2, -0.15) is 4.89 Å². The van der Waals surface area contributed by atoms with E-state index in [0.717, 1.165) is 11.1 Å². The second-order valence-electron chi connectivity index (χ2n) is 5.34. The molecule has 0 aromatic heterocycles. The minimum absolute atomic E-state index is 0.122. The lowest BCUT2D eigenvalue weighted by Gasteiger charge is -2.23. The van der Waals surface area contributed by atoms with Crippen molar-refractivity contribution in [2.24, 2.45) is 5.73 Å². The number of nitrogens with two attached hydrogens (primary N) is 1. The molecule has 0 saturated heterocycles. The first-order valence-electron chi connectivity index (χ1n) is 7.65. The van der Waals surface area contributed by atoms with Crippen LogP contribution in [0.3, 0.4) is 0 Å². The third kappa shape index (κ3) is 5.43. The molecule has 0 aliphatic carbocycles. The predicted molar refractivity (Wildman–Crippen MR) is 87.2 cm³/mol. The molecule has 0 bridgehead atoms. The first-order valence-corrected chi connectivity index (χ1v) is 7.65. The molecule has 0 amide bonds. The lowest BCUT2D eigenvalue weighted by atomic mass is 9.97. The van der Waals surface area contributed by atoms with E-state index in [1.807, 2.05) is 60.7 Å². The van der Waals surface area contributed by atoms with Crippen molar-refractivity contribution in [2.45, 2.75) is 31.3 Å². The van der Waals surface area contributed by atoms with Crippen LogP contribution in [0.25, 0.3) is 0 Å². The zero-order valence-corrected chi connectivity index (χ0v) is 13.1. The third-order valence-electron chi connectivity index (χ3n) is 3.49. The van der Waals surface area contributed by atoms with Crippen LogP contribution in [0, 0.1) is 0 Å². The van der Waals surface area contributed by atoms with Crippen LogP contribution in [0.1, 0.15) is 36.1 Å². The predicted octanol–water partition coefficient (Wildman–Crippen LogP) is 1.99. The van der Waals surface area contributed by atoms with Crippen LogP contribution in [-0.2, 0) is 14.6 Å². The summed E-state index contributed by atoms with van der Waals surface area (Å²) in [5.41, 5.74) is 7.89. The van der Waals surface area contributed by atoms with Crippen molar-refractivity contribution in [2.75, 3.05) is 0 Å². The van der Waals surface area contributed by atoms with Crippen molar-refractivity contribution in [3.05, 3.63) is 71.8 Å². The molecule has 0 heterocycles. The molecule has 0 saturated carbocycles. The Bertz CT molecular complexity index is 618. The number of carbonyl (C=O) groups excluding carboxylic acids is 1. The maximum Gasteiger partial charge on any atom is 0.342 e. The van der Waals surface area contributed by atoms with Gasteiger partial charge in [-0.25, -0.2) is 4.79 Å². The molecule has 128 valence electrons. The van der Waals surface area contributed by atoms with Gasteiger partial charge in [-0.1, -0.05) is 60.7 Å². The van der Waals surface area contributed by atoms with Gasteiger partial charge in [-0.3, -0.25) is 4.89 Å². The average molecular weight is 331 g/mol. The Morgan fingerprint density at radius 3 is 2.04 bits per heavy atom. The fourth-order valence-electron chi connectivity index (χ4n) is 2.21. The van der Waals surface area contributed by atoms with E-state index in [4.69, 9.17) is 25.7 Å². The van der Waals surface area contributed by atoms with Gasteiger partial charge in [0.1, 0.15) is 6.10 Å². The van der Waals surface area contributed by atoms with Gasteiger partial charge >= 0.3 is 5.97 Å². The molecule has 2 aromatic rings. The van der Waals surface area contributed by atoms with Crippen LogP contribution in [0.2, 0.25) is 0 Å². The van der Waals surface area contributed by atoms with Crippen molar-refractivity contribution >= 4 is 5.97 Å². The number of benzene rings is 2. The summed E-state index contributed by atoms with van der Waals surface area (Å²) in [5.74, 6) is -0.690. The molecule has 0 radical (unpaired) electrons. The van der Waals surface area contributed by atoms with E-state index in [-0.39, 0.29) is 12.8 Å². The number of carbonyl (C=O) groups is 1. The fraction of sp³-hybridized carbons (Fsp3) is 0.278. The monoisotopic (exact) mass is 331 g/mol. The summed E-state index contributed by atoms with van der Waals surface area (Å²) in [6.07, 6.45) is -2.53. The molecule has 6 nitrogen and oxygen atoms in total. The highest BCUT2D eigenvalue weighted by Crippen LogP contribution is 2.30. The number of aliphatic hydroxyl groups excluding tert-OH is 1. The summed E-state index contributed by atoms with van der Waals surface area (Å²) in [5, 5.41) is 17.6. The van der Waals surface area contributed by atoms with Gasteiger partial charge in [-0.15, -0.1) is 0 Å². The van der Waals surface area contributed by atoms with Crippen molar-refractivity contribution in [3.8, 4) is 0 Å². The first kappa shape index (κ1) is 18.1. The van der Waals surface area contributed by atoms with Crippen LogP contribution in [-0.4, -0.2) is 22.5 Å². The highest BCUT2D eigenvalue weighted by molar-refractivity contribution is 5.68. The summed E-state index contributed by atoms with van der Waals surface area (Å²) >= 11 is 0. The fourth-order valence-corrected chi connectivity index (χ4v) is 2.21. The minimum Gasteiger partial charge on any atom is -0.368 e. The smallest absolute Gasteiger partial charge is 0.342 e. The largest absolute Gasteiger partial charge is 0.368 e. The Balaban J connectivity index is 2.08. The second-order valence-corrected chi connectivity index (χ2v) is 5.34. The maximum atomic E-state index is 11.6. The summed E-state index contributed by atoms with van der Waals surface area (Å²) in [4.78, 5) is 21.7. The molecule has 2 aromatic carbocycles. The molecule has 2 atom stereocenters. The van der Waals surface area contributed by atoms with Gasteiger partial charge in [0.05, 0.1) is 12.5 Å². The molecule has 2 rings (SSSR count). The Labute approximate surface area is 140 Å². The minimum atomic E-state index is -1.56. The molecule has 6 heteroatoms. The van der Waals surface area contributed by atoms with E-state index in [0.29, 0.717) is 0 Å². The maximum absolute atomic E-state index is 11.6. The van der Waals surface area contributed by atoms with Gasteiger partial charge in [-0.05, 0) is 11.1 Å². The lowest BCUT2D eigenvalue weighted by molar-refractivity contribution is -0.305. The number of rotatable bonds is 8. The van der Waals surface area contributed by atoms with E-state index in [1.165, 1.54) is 0 Å². The van der Waals surface area contributed by atoms with Crippen LogP contribution < -0.4 is 5.73 Å². The summed E-state index contributed by atoms with van der Waals surface area (Å²) in [7, 11) is 0. The lowest BCUT2D eigenvalue weighted by Crippen LogP contribution is -2.24. The Morgan fingerprint density at radius 1 is 0.958 bits per heavy atom. The number of aliphatic hydroxyl groups is 2.